The van der Waals surface area contributed by atoms with E-state index in [1.807, 2.05) is 11.8 Å². The first-order chi connectivity index (χ1) is 9.61. The number of amides is 1. The van der Waals surface area contributed by atoms with E-state index in [1.54, 1.807) is 11.7 Å². The molecule has 0 saturated carbocycles. The Labute approximate surface area is 119 Å². The Kier molecular flexibility index (Phi) is 3.41. The van der Waals surface area contributed by atoms with Crippen molar-refractivity contribution >= 4 is 11.6 Å². The van der Waals surface area contributed by atoms with Crippen molar-refractivity contribution in [3.8, 4) is 0 Å². The van der Waals surface area contributed by atoms with Gasteiger partial charge in [-0.3, -0.25) is 14.4 Å². The molecule has 6 nitrogen and oxygen atoms in total. The number of hydrogen-bond donors (Lipinski definition) is 1. The number of nitrogens with two attached hydrogens (primary N) is 1. The van der Waals surface area contributed by atoms with Crippen molar-refractivity contribution in [3.05, 3.63) is 11.4 Å². The van der Waals surface area contributed by atoms with Crippen LogP contribution in [-0.4, -0.2) is 57.7 Å². The van der Waals surface area contributed by atoms with E-state index in [9.17, 15) is 4.79 Å². The van der Waals surface area contributed by atoms with Gasteiger partial charge in [-0.1, -0.05) is 6.92 Å². The van der Waals surface area contributed by atoms with Crippen LogP contribution in [0.5, 0.6) is 0 Å². The van der Waals surface area contributed by atoms with Gasteiger partial charge < -0.3 is 10.6 Å². The number of nitrogen functional groups attached to an aromatic ring is 1. The topological polar surface area (TPSA) is 67.4 Å². The quantitative estimate of drug-likeness (QED) is 0.854. The molecule has 6 heteroatoms. The highest BCUT2D eigenvalue weighted by atomic mass is 16.2. The van der Waals surface area contributed by atoms with Crippen molar-refractivity contribution in [2.45, 2.75) is 32.2 Å². The third kappa shape index (κ3) is 2.08. The number of carbonyl (C=O) groups is 1. The summed E-state index contributed by atoms with van der Waals surface area (Å²) in [6, 6.07) is 0.535. The Morgan fingerprint density at radius 2 is 2.20 bits per heavy atom. The zero-order valence-electron chi connectivity index (χ0n) is 12.3. The highest BCUT2D eigenvalue weighted by Gasteiger charge is 2.34. The maximum absolute atomic E-state index is 12.7. The predicted molar refractivity (Wildman–Crippen MR) is 77.5 cm³/mol. The summed E-state index contributed by atoms with van der Waals surface area (Å²) in [5.74, 6) is 0.0313. The number of hydrogen-bond acceptors (Lipinski definition) is 4. The molecule has 1 atom stereocenters. The van der Waals surface area contributed by atoms with Crippen molar-refractivity contribution in [3.63, 3.8) is 0 Å². The zero-order chi connectivity index (χ0) is 14.3. The van der Waals surface area contributed by atoms with Crippen molar-refractivity contribution in [2.24, 2.45) is 7.05 Å². The second kappa shape index (κ2) is 5.09. The molecule has 3 heterocycles. The minimum atomic E-state index is 0.0313. The number of anilines is 1. The van der Waals surface area contributed by atoms with Crippen LogP contribution in [0.3, 0.4) is 0 Å². The lowest BCUT2D eigenvalue weighted by Crippen LogP contribution is -2.52. The molecule has 20 heavy (non-hydrogen) atoms. The second-order valence-electron chi connectivity index (χ2n) is 5.77. The number of aryl methyl sites for hydroxylation is 2. The van der Waals surface area contributed by atoms with Crippen LogP contribution in [0.4, 0.5) is 5.69 Å². The molecule has 2 fully saturated rings. The van der Waals surface area contributed by atoms with E-state index in [1.165, 1.54) is 19.4 Å². The predicted octanol–water partition coefficient (Wildman–Crippen LogP) is 0.485. The van der Waals surface area contributed by atoms with Crippen LogP contribution in [-0.2, 0) is 13.5 Å². The van der Waals surface area contributed by atoms with E-state index >= 15 is 0 Å². The van der Waals surface area contributed by atoms with E-state index in [0.717, 1.165) is 31.7 Å². The Balaban J connectivity index is 1.81. The highest BCUT2D eigenvalue weighted by Crippen LogP contribution is 2.24. The molecule has 0 spiro atoms. The average molecular weight is 277 g/mol. The van der Waals surface area contributed by atoms with E-state index in [4.69, 9.17) is 5.73 Å². The number of piperazine rings is 1. The van der Waals surface area contributed by atoms with Crippen LogP contribution in [0.1, 0.15) is 35.9 Å². The molecule has 2 N–H and O–H groups in total. The molecule has 2 aliphatic rings. The van der Waals surface area contributed by atoms with Gasteiger partial charge >= 0.3 is 0 Å². The third-order valence-corrected chi connectivity index (χ3v) is 4.57. The molecule has 1 amide bonds. The van der Waals surface area contributed by atoms with Gasteiger partial charge in [-0.05, 0) is 25.8 Å². The largest absolute Gasteiger partial charge is 0.395 e. The molecule has 1 aromatic heterocycles. The van der Waals surface area contributed by atoms with Gasteiger partial charge in [-0.25, -0.2) is 0 Å². The van der Waals surface area contributed by atoms with Crippen LogP contribution < -0.4 is 5.73 Å². The first-order valence-corrected chi connectivity index (χ1v) is 7.46. The lowest BCUT2D eigenvalue weighted by molar-refractivity contribution is 0.0562. The number of fused-ring (bicyclic) bond motifs is 1. The van der Waals surface area contributed by atoms with Crippen molar-refractivity contribution < 1.29 is 4.79 Å². The van der Waals surface area contributed by atoms with Crippen LogP contribution >= 0.6 is 0 Å². The van der Waals surface area contributed by atoms with E-state index in [-0.39, 0.29) is 5.91 Å². The van der Waals surface area contributed by atoms with Gasteiger partial charge in [-0.15, -0.1) is 0 Å². The summed E-state index contributed by atoms with van der Waals surface area (Å²) in [5, 5.41) is 4.34. The van der Waals surface area contributed by atoms with Gasteiger partial charge in [0.1, 0.15) is 5.69 Å². The molecule has 1 unspecified atom stereocenters. The Hall–Kier alpha value is -1.56. The number of rotatable bonds is 2. The minimum absolute atomic E-state index is 0.0313. The number of carbonyl (C=O) groups excluding carboxylic acids is 1. The van der Waals surface area contributed by atoms with E-state index < -0.39 is 0 Å². The smallest absolute Gasteiger partial charge is 0.274 e. The lowest BCUT2D eigenvalue weighted by atomic mass is 10.1. The van der Waals surface area contributed by atoms with Crippen molar-refractivity contribution in [1.82, 2.24) is 19.6 Å². The van der Waals surface area contributed by atoms with Crippen LogP contribution in [0.15, 0.2) is 0 Å². The normalized spacial score (nSPS) is 23.1. The fourth-order valence-electron chi connectivity index (χ4n) is 3.44. The maximum atomic E-state index is 12.7. The summed E-state index contributed by atoms with van der Waals surface area (Å²) >= 11 is 0. The molecular formula is C14H23N5O. The second-order valence-corrected chi connectivity index (χ2v) is 5.77. The summed E-state index contributed by atoms with van der Waals surface area (Å²) < 4.78 is 1.64. The minimum Gasteiger partial charge on any atom is -0.395 e. The van der Waals surface area contributed by atoms with E-state index in [0.29, 0.717) is 17.4 Å². The van der Waals surface area contributed by atoms with Gasteiger partial charge in [0, 0.05) is 32.7 Å². The maximum Gasteiger partial charge on any atom is 0.274 e. The average Bonchev–Trinajstić information content (AvgIpc) is 3.01. The highest BCUT2D eigenvalue weighted by molar-refractivity contribution is 5.98. The first kappa shape index (κ1) is 13.4. The van der Waals surface area contributed by atoms with Crippen LogP contribution in [0, 0.1) is 0 Å². The third-order valence-electron chi connectivity index (χ3n) is 4.57. The number of nitrogens with zero attached hydrogens (tertiary/aromatic N) is 4. The fourth-order valence-corrected chi connectivity index (χ4v) is 3.44. The molecule has 3 rings (SSSR count). The van der Waals surface area contributed by atoms with Gasteiger partial charge in [0.05, 0.1) is 11.4 Å². The molecule has 2 aliphatic heterocycles. The fraction of sp³-hybridized carbons (Fsp3) is 0.714. The molecule has 2 saturated heterocycles. The summed E-state index contributed by atoms with van der Waals surface area (Å²) in [4.78, 5) is 17.2. The SMILES string of the molecule is CCc1nn(C)c(C(=O)N2CCN3CCCC3C2)c1N. The van der Waals surface area contributed by atoms with Gasteiger partial charge in [0.25, 0.3) is 5.91 Å². The first-order valence-electron chi connectivity index (χ1n) is 7.46. The zero-order valence-corrected chi connectivity index (χ0v) is 12.3. The van der Waals surface area contributed by atoms with Crippen molar-refractivity contribution in [2.75, 3.05) is 31.9 Å². The van der Waals surface area contributed by atoms with Crippen LogP contribution in [0.25, 0.3) is 0 Å². The molecule has 0 aromatic carbocycles. The molecule has 1 aromatic rings. The summed E-state index contributed by atoms with van der Waals surface area (Å²) in [6.07, 6.45) is 3.20. The van der Waals surface area contributed by atoms with Crippen molar-refractivity contribution in [1.29, 1.82) is 0 Å². The standard InChI is InChI=1S/C14H23N5O/c1-3-11-12(15)13(17(2)16-11)14(20)19-8-7-18-6-4-5-10(18)9-19/h10H,3-9,15H2,1-2H3. The van der Waals surface area contributed by atoms with Gasteiger partial charge in [-0.2, -0.15) is 5.10 Å². The Bertz CT molecular complexity index is 524. The van der Waals surface area contributed by atoms with Gasteiger partial charge in [0.2, 0.25) is 0 Å². The lowest BCUT2D eigenvalue weighted by Gasteiger charge is -2.37. The van der Waals surface area contributed by atoms with E-state index in [2.05, 4.69) is 10.00 Å². The molecule has 0 aliphatic carbocycles. The summed E-state index contributed by atoms with van der Waals surface area (Å²) in [6.45, 7) is 5.78. The molecular weight excluding hydrogens is 254 g/mol. The Morgan fingerprint density at radius 1 is 1.40 bits per heavy atom. The molecule has 110 valence electrons. The Morgan fingerprint density at radius 3 is 2.90 bits per heavy atom. The molecule has 0 bridgehead atoms. The number of aromatic nitrogens is 2. The summed E-state index contributed by atoms with van der Waals surface area (Å²) in [5.41, 5.74) is 8.00. The molecule has 0 radical (unpaired) electrons. The van der Waals surface area contributed by atoms with Gasteiger partial charge in [0.15, 0.2) is 0 Å². The summed E-state index contributed by atoms with van der Waals surface area (Å²) in [7, 11) is 1.80. The monoisotopic (exact) mass is 277 g/mol. The van der Waals surface area contributed by atoms with Crippen LogP contribution in [0.2, 0.25) is 0 Å².